The second kappa shape index (κ2) is 7.57. The quantitative estimate of drug-likeness (QED) is 0.898. The van der Waals surface area contributed by atoms with E-state index < -0.39 is 0 Å². The van der Waals surface area contributed by atoms with Crippen molar-refractivity contribution in [2.24, 2.45) is 0 Å². The number of carbonyl (C=O) groups excluding carboxylic acids is 1. The van der Waals surface area contributed by atoms with Crippen LogP contribution in [-0.4, -0.2) is 42.2 Å². The summed E-state index contributed by atoms with van der Waals surface area (Å²) in [5.74, 6) is 0.677. The van der Waals surface area contributed by atoms with E-state index in [1.807, 2.05) is 36.1 Å². The molecule has 1 aliphatic heterocycles. The fourth-order valence-corrected chi connectivity index (χ4v) is 3.20. The van der Waals surface area contributed by atoms with Crippen molar-refractivity contribution in [1.82, 2.24) is 10.2 Å². The molecule has 0 aromatic heterocycles. The summed E-state index contributed by atoms with van der Waals surface area (Å²) in [5.41, 5.74) is 4.09. The minimum atomic E-state index is 0.00484. The number of nitrogens with zero attached hydrogens (tertiary/aromatic N) is 1. The number of likely N-dealkylation sites (N-methyl/N-ethyl adjacent to an activating group) is 1. The summed E-state index contributed by atoms with van der Waals surface area (Å²) in [7, 11) is 0. The van der Waals surface area contributed by atoms with Crippen LogP contribution >= 0.6 is 0 Å². The van der Waals surface area contributed by atoms with Gasteiger partial charge in [0.25, 0.3) is 0 Å². The molecule has 2 aromatic rings. The van der Waals surface area contributed by atoms with Crippen LogP contribution in [-0.2, 0) is 11.3 Å². The number of rotatable bonds is 4. The lowest BCUT2D eigenvalue weighted by molar-refractivity contribution is -0.122. The Balaban J connectivity index is 1.91. The first kappa shape index (κ1) is 17.3. The van der Waals surface area contributed by atoms with Crippen LogP contribution in [0, 0.1) is 6.92 Å². The molecular weight excluding hydrogens is 316 g/mol. The van der Waals surface area contributed by atoms with Crippen LogP contribution in [0.3, 0.4) is 0 Å². The van der Waals surface area contributed by atoms with Crippen molar-refractivity contribution < 1.29 is 14.6 Å². The van der Waals surface area contributed by atoms with Gasteiger partial charge in [-0.05, 0) is 42.7 Å². The van der Waals surface area contributed by atoms with Crippen LogP contribution in [0.2, 0.25) is 0 Å². The molecule has 0 saturated heterocycles. The summed E-state index contributed by atoms with van der Waals surface area (Å²) in [6.07, 6.45) is 0. The van der Waals surface area contributed by atoms with E-state index in [0.717, 1.165) is 22.3 Å². The summed E-state index contributed by atoms with van der Waals surface area (Å²) in [4.78, 5) is 13.9. The van der Waals surface area contributed by atoms with Gasteiger partial charge in [-0.15, -0.1) is 0 Å². The van der Waals surface area contributed by atoms with Gasteiger partial charge in [-0.2, -0.15) is 0 Å². The first-order chi connectivity index (χ1) is 12.1. The second-order valence-electron chi connectivity index (χ2n) is 6.31. The van der Waals surface area contributed by atoms with Crippen LogP contribution in [0.15, 0.2) is 36.4 Å². The normalized spacial score (nSPS) is 14.3. The standard InChI is InChI=1S/C20H24N2O3/c1-3-21-19(24)13-22-8-9-25-20-16(12-22)10-15(11-18(20)23)17-7-5-4-6-14(17)2/h4-7,10-11,23H,3,8-9,12-13H2,1-2H3,(H,21,24). The van der Waals surface area contributed by atoms with Crippen molar-refractivity contribution in [3.8, 4) is 22.6 Å². The molecule has 1 amide bonds. The molecule has 25 heavy (non-hydrogen) atoms. The molecule has 2 N–H and O–H groups in total. The lowest BCUT2D eigenvalue weighted by Gasteiger charge is -2.19. The van der Waals surface area contributed by atoms with Gasteiger partial charge in [-0.25, -0.2) is 0 Å². The highest BCUT2D eigenvalue weighted by molar-refractivity contribution is 5.78. The predicted octanol–water partition coefficient (Wildman–Crippen LogP) is 2.70. The zero-order valence-electron chi connectivity index (χ0n) is 14.7. The van der Waals surface area contributed by atoms with Crippen molar-refractivity contribution >= 4 is 5.91 Å². The number of amides is 1. The Morgan fingerprint density at radius 3 is 2.88 bits per heavy atom. The molecule has 2 aromatic carbocycles. The summed E-state index contributed by atoms with van der Waals surface area (Å²) in [6, 6.07) is 11.9. The minimum Gasteiger partial charge on any atom is -0.504 e. The van der Waals surface area contributed by atoms with E-state index in [4.69, 9.17) is 4.74 Å². The van der Waals surface area contributed by atoms with E-state index in [-0.39, 0.29) is 11.7 Å². The average Bonchev–Trinajstić information content (AvgIpc) is 2.77. The molecule has 0 aliphatic carbocycles. The van der Waals surface area contributed by atoms with Crippen molar-refractivity contribution in [3.05, 3.63) is 47.5 Å². The van der Waals surface area contributed by atoms with Gasteiger partial charge in [-0.1, -0.05) is 24.3 Å². The maximum Gasteiger partial charge on any atom is 0.234 e. The number of phenolic OH excluding ortho intramolecular Hbond substituents is 1. The second-order valence-corrected chi connectivity index (χ2v) is 6.31. The summed E-state index contributed by atoms with van der Waals surface area (Å²) >= 11 is 0. The topological polar surface area (TPSA) is 61.8 Å². The molecule has 1 heterocycles. The smallest absolute Gasteiger partial charge is 0.234 e. The first-order valence-corrected chi connectivity index (χ1v) is 8.62. The molecule has 0 unspecified atom stereocenters. The van der Waals surface area contributed by atoms with Gasteiger partial charge in [0.2, 0.25) is 5.91 Å². The molecule has 5 heteroatoms. The Morgan fingerprint density at radius 2 is 2.12 bits per heavy atom. The SMILES string of the molecule is CCNC(=O)CN1CCOc2c(O)cc(-c3ccccc3C)cc2C1. The number of phenols is 1. The van der Waals surface area contributed by atoms with Gasteiger partial charge < -0.3 is 15.2 Å². The zero-order chi connectivity index (χ0) is 17.8. The van der Waals surface area contributed by atoms with Crippen molar-refractivity contribution in [1.29, 1.82) is 0 Å². The van der Waals surface area contributed by atoms with Crippen LogP contribution in [0.5, 0.6) is 11.5 Å². The van der Waals surface area contributed by atoms with Gasteiger partial charge in [0.15, 0.2) is 11.5 Å². The van der Waals surface area contributed by atoms with E-state index in [9.17, 15) is 9.90 Å². The van der Waals surface area contributed by atoms with Crippen molar-refractivity contribution in [3.63, 3.8) is 0 Å². The van der Waals surface area contributed by atoms with Gasteiger partial charge in [0, 0.05) is 25.2 Å². The Labute approximate surface area is 148 Å². The lowest BCUT2D eigenvalue weighted by atomic mass is 9.98. The number of benzene rings is 2. The van der Waals surface area contributed by atoms with Gasteiger partial charge in [-0.3, -0.25) is 9.69 Å². The largest absolute Gasteiger partial charge is 0.504 e. The van der Waals surface area contributed by atoms with Gasteiger partial charge >= 0.3 is 0 Å². The molecule has 5 nitrogen and oxygen atoms in total. The van der Waals surface area contributed by atoms with Gasteiger partial charge in [0.1, 0.15) is 6.61 Å². The predicted molar refractivity (Wildman–Crippen MR) is 97.7 cm³/mol. The average molecular weight is 340 g/mol. The third kappa shape index (κ3) is 3.94. The molecule has 0 bridgehead atoms. The number of carbonyl (C=O) groups is 1. The van der Waals surface area contributed by atoms with E-state index in [1.54, 1.807) is 6.07 Å². The number of nitrogens with one attached hydrogen (secondary N) is 1. The van der Waals surface area contributed by atoms with Crippen LogP contribution in [0.1, 0.15) is 18.1 Å². The number of fused-ring (bicyclic) bond motifs is 1. The maximum atomic E-state index is 11.9. The Kier molecular flexibility index (Phi) is 5.24. The molecular formula is C20H24N2O3. The number of aromatic hydroxyl groups is 1. The molecule has 1 aliphatic rings. The van der Waals surface area contributed by atoms with Crippen LogP contribution in [0.4, 0.5) is 0 Å². The molecule has 3 rings (SSSR count). The van der Waals surface area contributed by atoms with E-state index in [1.165, 1.54) is 0 Å². The highest BCUT2D eigenvalue weighted by atomic mass is 16.5. The summed E-state index contributed by atoms with van der Waals surface area (Å²) < 4.78 is 5.75. The monoisotopic (exact) mass is 340 g/mol. The maximum absolute atomic E-state index is 11.9. The molecule has 0 fully saturated rings. The third-order valence-corrected chi connectivity index (χ3v) is 4.39. The lowest BCUT2D eigenvalue weighted by Crippen LogP contribution is -2.37. The molecule has 132 valence electrons. The first-order valence-electron chi connectivity index (χ1n) is 8.62. The summed E-state index contributed by atoms with van der Waals surface area (Å²) in [6.45, 7) is 6.57. The Morgan fingerprint density at radius 1 is 1.32 bits per heavy atom. The van der Waals surface area contributed by atoms with E-state index >= 15 is 0 Å². The number of aryl methyl sites for hydroxylation is 1. The Hall–Kier alpha value is -2.53. The summed E-state index contributed by atoms with van der Waals surface area (Å²) in [5, 5.41) is 13.3. The molecule has 0 spiro atoms. The van der Waals surface area contributed by atoms with E-state index in [0.29, 0.717) is 38.5 Å². The third-order valence-electron chi connectivity index (χ3n) is 4.39. The van der Waals surface area contributed by atoms with Crippen LogP contribution in [0.25, 0.3) is 11.1 Å². The number of hydrogen-bond donors (Lipinski definition) is 2. The van der Waals surface area contributed by atoms with E-state index in [2.05, 4.69) is 18.3 Å². The minimum absolute atomic E-state index is 0.00484. The Bertz CT molecular complexity index is 774. The highest BCUT2D eigenvalue weighted by Gasteiger charge is 2.21. The molecule has 0 atom stereocenters. The highest BCUT2D eigenvalue weighted by Crippen LogP contribution is 2.38. The molecule has 0 saturated carbocycles. The number of hydrogen-bond acceptors (Lipinski definition) is 4. The zero-order valence-corrected chi connectivity index (χ0v) is 14.7. The number of ether oxygens (including phenoxy) is 1. The molecule has 0 radical (unpaired) electrons. The fraction of sp³-hybridized carbons (Fsp3) is 0.350. The van der Waals surface area contributed by atoms with Crippen molar-refractivity contribution in [2.45, 2.75) is 20.4 Å². The fourth-order valence-electron chi connectivity index (χ4n) is 3.20. The van der Waals surface area contributed by atoms with Crippen LogP contribution < -0.4 is 10.1 Å². The van der Waals surface area contributed by atoms with Crippen molar-refractivity contribution in [2.75, 3.05) is 26.2 Å². The van der Waals surface area contributed by atoms with Gasteiger partial charge in [0.05, 0.1) is 6.54 Å².